The molecule has 6 heteroatoms. The number of hydrogen-bond acceptors (Lipinski definition) is 6. The first kappa shape index (κ1) is 13.0. The van der Waals surface area contributed by atoms with Crippen LogP contribution in [0.15, 0.2) is 4.52 Å². The summed E-state index contributed by atoms with van der Waals surface area (Å²) >= 11 is 0. The molecule has 1 aromatic heterocycles. The number of nitrogens with zero attached hydrogens (tertiary/aromatic N) is 2. The van der Waals surface area contributed by atoms with E-state index in [2.05, 4.69) is 15.5 Å². The maximum atomic E-state index is 5.83. The summed E-state index contributed by atoms with van der Waals surface area (Å²) < 4.78 is 16.6. The molecule has 2 fully saturated rings. The lowest BCUT2D eigenvalue weighted by Gasteiger charge is -2.30. The van der Waals surface area contributed by atoms with Gasteiger partial charge in [0, 0.05) is 25.6 Å². The highest BCUT2D eigenvalue weighted by atomic mass is 16.5. The lowest BCUT2D eigenvalue weighted by molar-refractivity contribution is -0.0770. The fourth-order valence-corrected chi connectivity index (χ4v) is 2.62. The molecule has 2 atom stereocenters. The molecule has 0 aliphatic carbocycles. The highest BCUT2D eigenvalue weighted by Gasteiger charge is 2.35. The van der Waals surface area contributed by atoms with Gasteiger partial charge in [-0.3, -0.25) is 0 Å². The van der Waals surface area contributed by atoms with Gasteiger partial charge in [0.2, 0.25) is 11.7 Å². The molecule has 3 rings (SSSR count). The molecule has 1 aromatic rings. The summed E-state index contributed by atoms with van der Waals surface area (Å²) in [5, 5.41) is 7.48. The van der Waals surface area contributed by atoms with E-state index >= 15 is 0 Å². The van der Waals surface area contributed by atoms with Crippen molar-refractivity contribution < 1.29 is 14.0 Å². The monoisotopic (exact) mass is 267 g/mol. The summed E-state index contributed by atoms with van der Waals surface area (Å²) in [6.45, 7) is 5.18. The third kappa shape index (κ3) is 2.96. The number of nitrogens with one attached hydrogen (secondary N) is 1. The van der Waals surface area contributed by atoms with Crippen LogP contribution in [0.1, 0.15) is 37.9 Å². The Morgan fingerprint density at radius 1 is 1.37 bits per heavy atom. The molecule has 1 N–H and O–H groups in total. The molecule has 0 saturated carbocycles. The van der Waals surface area contributed by atoms with Crippen LogP contribution in [0, 0.1) is 0 Å². The summed E-state index contributed by atoms with van der Waals surface area (Å²) in [6.07, 6.45) is 3.93. The van der Waals surface area contributed by atoms with E-state index in [4.69, 9.17) is 14.0 Å². The average Bonchev–Trinajstić information content (AvgIpc) is 2.90. The molecule has 0 aromatic carbocycles. The summed E-state index contributed by atoms with van der Waals surface area (Å²) in [5.41, 5.74) is -0.378. The Balaban J connectivity index is 1.65. The fourth-order valence-electron chi connectivity index (χ4n) is 2.62. The summed E-state index contributed by atoms with van der Waals surface area (Å²) in [5.74, 6) is 1.34. The molecule has 2 aliphatic rings. The SMILES string of the molecule is CC1(c2noc(CC3COCCN3)n2)CCCCO1. The Bertz CT molecular complexity index is 409. The normalized spacial score (nSPS) is 32.4. The zero-order chi connectivity index (χ0) is 13.1. The van der Waals surface area contributed by atoms with Crippen molar-refractivity contribution in [3.8, 4) is 0 Å². The van der Waals surface area contributed by atoms with E-state index in [1.807, 2.05) is 6.92 Å². The molecule has 0 radical (unpaired) electrons. The molecule has 2 saturated heterocycles. The van der Waals surface area contributed by atoms with Crippen molar-refractivity contribution in [1.82, 2.24) is 15.5 Å². The minimum atomic E-state index is -0.378. The molecular formula is C13H21N3O3. The third-order valence-electron chi connectivity index (χ3n) is 3.83. The van der Waals surface area contributed by atoms with E-state index in [-0.39, 0.29) is 11.6 Å². The number of ether oxygens (including phenoxy) is 2. The van der Waals surface area contributed by atoms with Gasteiger partial charge in [-0.05, 0) is 26.2 Å². The Kier molecular flexibility index (Phi) is 3.81. The van der Waals surface area contributed by atoms with Crippen molar-refractivity contribution in [1.29, 1.82) is 0 Å². The molecule has 2 aliphatic heterocycles. The largest absolute Gasteiger partial charge is 0.378 e. The summed E-state index contributed by atoms with van der Waals surface area (Å²) in [6, 6.07) is 0.266. The molecule has 106 valence electrons. The van der Waals surface area contributed by atoms with E-state index in [1.54, 1.807) is 0 Å². The quantitative estimate of drug-likeness (QED) is 0.881. The van der Waals surface area contributed by atoms with Crippen LogP contribution in [0.4, 0.5) is 0 Å². The second kappa shape index (κ2) is 5.56. The Labute approximate surface area is 112 Å². The van der Waals surface area contributed by atoms with Crippen molar-refractivity contribution in [2.45, 2.75) is 44.2 Å². The second-order valence-corrected chi connectivity index (χ2v) is 5.48. The van der Waals surface area contributed by atoms with Crippen molar-refractivity contribution in [2.75, 3.05) is 26.4 Å². The van der Waals surface area contributed by atoms with Crippen molar-refractivity contribution >= 4 is 0 Å². The van der Waals surface area contributed by atoms with Gasteiger partial charge in [0.25, 0.3) is 0 Å². The standard InChI is InChI=1S/C13H21N3O3/c1-13(4-2-3-6-18-13)12-15-11(19-16-12)8-10-9-17-7-5-14-10/h10,14H,2-9H2,1H3. The van der Waals surface area contributed by atoms with E-state index in [0.717, 1.165) is 39.0 Å². The third-order valence-corrected chi connectivity index (χ3v) is 3.83. The van der Waals surface area contributed by atoms with Crippen LogP contribution in [0.25, 0.3) is 0 Å². The van der Waals surface area contributed by atoms with E-state index < -0.39 is 0 Å². The van der Waals surface area contributed by atoms with Crippen LogP contribution in [0.3, 0.4) is 0 Å². The van der Waals surface area contributed by atoms with Gasteiger partial charge < -0.3 is 19.3 Å². The molecule has 2 unspecified atom stereocenters. The summed E-state index contributed by atoms with van der Waals surface area (Å²) in [7, 11) is 0. The first-order valence-corrected chi connectivity index (χ1v) is 7.04. The smallest absolute Gasteiger partial charge is 0.228 e. The maximum absolute atomic E-state index is 5.83. The van der Waals surface area contributed by atoms with Crippen LogP contribution in [0.5, 0.6) is 0 Å². The number of aromatic nitrogens is 2. The Morgan fingerprint density at radius 2 is 2.32 bits per heavy atom. The highest BCUT2D eigenvalue weighted by Crippen LogP contribution is 2.32. The predicted molar refractivity (Wildman–Crippen MR) is 67.8 cm³/mol. The van der Waals surface area contributed by atoms with Gasteiger partial charge in [-0.25, -0.2) is 0 Å². The highest BCUT2D eigenvalue weighted by molar-refractivity contribution is 5.01. The first-order chi connectivity index (χ1) is 9.26. The van der Waals surface area contributed by atoms with Gasteiger partial charge in [0.15, 0.2) is 0 Å². The number of hydrogen-bond donors (Lipinski definition) is 1. The maximum Gasteiger partial charge on any atom is 0.228 e. The predicted octanol–water partition coefficient (Wildman–Crippen LogP) is 1.02. The topological polar surface area (TPSA) is 69.4 Å². The molecule has 19 heavy (non-hydrogen) atoms. The molecule has 0 amide bonds. The Morgan fingerprint density at radius 3 is 3.05 bits per heavy atom. The fraction of sp³-hybridized carbons (Fsp3) is 0.846. The summed E-state index contributed by atoms with van der Waals surface area (Å²) in [4.78, 5) is 4.50. The molecule has 6 nitrogen and oxygen atoms in total. The van der Waals surface area contributed by atoms with Crippen molar-refractivity contribution in [3.05, 3.63) is 11.7 Å². The van der Waals surface area contributed by atoms with Gasteiger partial charge in [-0.15, -0.1) is 0 Å². The van der Waals surface area contributed by atoms with E-state index in [9.17, 15) is 0 Å². The van der Waals surface area contributed by atoms with Gasteiger partial charge in [-0.2, -0.15) is 4.98 Å². The number of morpholine rings is 1. The van der Waals surface area contributed by atoms with Gasteiger partial charge in [-0.1, -0.05) is 5.16 Å². The van der Waals surface area contributed by atoms with Crippen LogP contribution in [-0.4, -0.2) is 42.5 Å². The van der Waals surface area contributed by atoms with Gasteiger partial charge in [0.05, 0.1) is 13.2 Å². The average molecular weight is 267 g/mol. The van der Waals surface area contributed by atoms with Crippen LogP contribution in [-0.2, 0) is 21.5 Å². The lowest BCUT2D eigenvalue weighted by Crippen LogP contribution is -2.42. The Hall–Kier alpha value is -0.980. The van der Waals surface area contributed by atoms with Crippen molar-refractivity contribution in [2.24, 2.45) is 0 Å². The van der Waals surface area contributed by atoms with Gasteiger partial charge >= 0.3 is 0 Å². The number of rotatable bonds is 3. The molecule has 0 spiro atoms. The van der Waals surface area contributed by atoms with Crippen LogP contribution in [0.2, 0.25) is 0 Å². The van der Waals surface area contributed by atoms with E-state index in [0.29, 0.717) is 24.7 Å². The van der Waals surface area contributed by atoms with Crippen molar-refractivity contribution in [3.63, 3.8) is 0 Å². The van der Waals surface area contributed by atoms with Crippen LogP contribution < -0.4 is 5.32 Å². The minimum absolute atomic E-state index is 0.266. The van der Waals surface area contributed by atoms with E-state index in [1.165, 1.54) is 0 Å². The van der Waals surface area contributed by atoms with Gasteiger partial charge in [0.1, 0.15) is 5.60 Å². The second-order valence-electron chi connectivity index (χ2n) is 5.48. The van der Waals surface area contributed by atoms with Crippen LogP contribution >= 0.6 is 0 Å². The zero-order valence-corrected chi connectivity index (χ0v) is 11.4. The molecule has 3 heterocycles. The minimum Gasteiger partial charge on any atom is -0.378 e. The first-order valence-electron chi connectivity index (χ1n) is 7.04. The molecular weight excluding hydrogens is 246 g/mol. The molecule has 0 bridgehead atoms. The zero-order valence-electron chi connectivity index (χ0n) is 11.4. The lowest BCUT2D eigenvalue weighted by atomic mass is 9.95.